The smallest absolute Gasteiger partial charge is 0.328 e. The Bertz CT molecular complexity index is 999. The van der Waals surface area contributed by atoms with Crippen molar-refractivity contribution in [2.24, 2.45) is 0 Å². The number of carboxylic acid groups (broad SMARTS) is 1. The number of ether oxygens (including phenoxy) is 1. The normalized spacial score (nSPS) is 17.0. The number of aromatic nitrogens is 1. The van der Waals surface area contributed by atoms with Crippen molar-refractivity contribution in [2.45, 2.75) is 23.9 Å². The minimum absolute atomic E-state index is 0.0877. The molecule has 1 saturated heterocycles. The van der Waals surface area contributed by atoms with E-state index in [4.69, 9.17) is 33.0 Å². The number of carbonyl (C=O) groups excluding carboxylic acids is 1. The Balaban J connectivity index is 1.42. The maximum absolute atomic E-state index is 12.3. The number of morpholine rings is 1. The van der Waals surface area contributed by atoms with Crippen LogP contribution in [0.1, 0.15) is 16.1 Å². The molecule has 0 bridgehead atoms. The van der Waals surface area contributed by atoms with Crippen LogP contribution >= 0.6 is 46.3 Å². The van der Waals surface area contributed by atoms with Crippen molar-refractivity contribution in [1.82, 2.24) is 15.2 Å². The lowest BCUT2D eigenvalue weighted by atomic mass is 10.2. The molecule has 172 valence electrons. The zero-order valence-electron chi connectivity index (χ0n) is 17.3. The lowest BCUT2D eigenvalue weighted by Gasteiger charge is -2.33. The highest BCUT2D eigenvalue weighted by molar-refractivity contribution is 8.01. The van der Waals surface area contributed by atoms with Crippen LogP contribution in [-0.2, 0) is 20.9 Å². The van der Waals surface area contributed by atoms with Gasteiger partial charge in [-0.3, -0.25) is 9.69 Å². The maximum Gasteiger partial charge on any atom is 0.328 e. The van der Waals surface area contributed by atoms with E-state index in [9.17, 15) is 9.59 Å². The first kappa shape index (κ1) is 25.0. The van der Waals surface area contributed by atoms with Crippen LogP contribution in [0.15, 0.2) is 28.6 Å². The molecule has 1 aromatic heterocycles. The number of aryl methyl sites for hydroxylation is 1. The van der Waals surface area contributed by atoms with Crippen molar-refractivity contribution in [3.05, 3.63) is 50.5 Å². The lowest BCUT2D eigenvalue weighted by molar-refractivity contribution is -0.131. The fourth-order valence-corrected chi connectivity index (χ4v) is 5.36. The molecule has 1 atom stereocenters. The molecule has 1 aliphatic rings. The van der Waals surface area contributed by atoms with Gasteiger partial charge in [0.15, 0.2) is 4.34 Å². The molecule has 0 saturated carbocycles. The minimum Gasteiger partial charge on any atom is -0.478 e. The van der Waals surface area contributed by atoms with E-state index < -0.39 is 5.97 Å². The molecule has 0 spiro atoms. The fraction of sp³-hybridized carbons (Fsp3) is 0.381. The number of carboxylic acids is 1. The van der Waals surface area contributed by atoms with Gasteiger partial charge in [0.25, 0.3) is 0 Å². The Morgan fingerprint density at radius 2 is 2.22 bits per heavy atom. The third-order valence-electron chi connectivity index (χ3n) is 4.66. The number of nitrogens with one attached hydrogen (secondary N) is 1. The van der Waals surface area contributed by atoms with Gasteiger partial charge in [0, 0.05) is 32.3 Å². The number of hydrogen-bond acceptors (Lipinski definition) is 7. The number of hydrogen-bond donors (Lipinski definition) is 2. The molecule has 7 nitrogen and oxygen atoms in total. The van der Waals surface area contributed by atoms with E-state index in [0.717, 1.165) is 39.6 Å². The largest absolute Gasteiger partial charge is 0.478 e. The number of nitrogens with zero attached hydrogens (tertiary/aromatic N) is 2. The average molecular weight is 516 g/mol. The second kappa shape index (κ2) is 12.0. The van der Waals surface area contributed by atoms with E-state index in [0.29, 0.717) is 29.7 Å². The molecular formula is C21H23Cl2N3O4S2. The first-order chi connectivity index (χ1) is 15.3. The van der Waals surface area contributed by atoms with Crippen molar-refractivity contribution in [2.75, 3.05) is 32.0 Å². The molecular weight excluding hydrogens is 493 g/mol. The first-order valence-corrected chi connectivity index (χ1v) is 12.4. The molecule has 2 N–H and O–H groups in total. The van der Waals surface area contributed by atoms with Gasteiger partial charge in [0.1, 0.15) is 0 Å². The maximum atomic E-state index is 12.3. The van der Waals surface area contributed by atoms with Crippen LogP contribution in [0.4, 0.5) is 0 Å². The van der Waals surface area contributed by atoms with Gasteiger partial charge in [-0.25, -0.2) is 9.78 Å². The summed E-state index contributed by atoms with van der Waals surface area (Å²) in [5.41, 5.74) is 1.82. The second-order valence-corrected chi connectivity index (χ2v) is 10.2. The number of rotatable bonds is 9. The first-order valence-electron chi connectivity index (χ1n) is 9.86. The van der Waals surface area contributed by atoms with Crippen LogP contribution in [0.5, 0.6) is 0 Å². The molecule has 0 aliphatic carbocycles. The Labute approximate surface area is 204 Å². The van der Waals surface area contributed by atoms with Crippen LogP contribution in [-0.4, -0.2) is 65.0 Å². The van der Waals surface area contributed by atoms with Crippen LogP contribution in [0.25, 0.3) is 6.08 Å². The zero-order chi connectivity index (χ0) is 23.1. The SMILES string of the molecule is Cc1nc(SCC(=O)NCC2CN(Cc3ccc(Cl)c(Cl)c3)CCO2)sc1/C=C/C(=O)O. The summed E-state index contributed by atoms with van der Waals surface area (Å²) in [4.78, 5) is 30.3. The molecule has 2 heterocycles. The summed E-state index contributed by atoms with van der Waals surface area (Å²) in [5.74, 6) is -0.878. The summed E-state index contributed by atoms with van der Waals surface area (Å²) in [7, 11) is 0. The highest BCUT2D eigenvalue weighted by Gasteiger charge is 2.21. The van der Waals surface area contributed by atoms with Gasteiger partial charge >= 0.3 is 5.97 Å². The Hall–Kier alpha value is -1.62. The number of halogens is 2. The molecule has 32 heavy (non-hydrogen) atoms. The van der Waals surface area contributed by atoms with Crippen LogP contribution in [0, 0.1) is 6.92 Å². The fourth-order valence-electron chi connectivity index (χ4n) is 3.10. The topological polar surface area (TPSA) is 91.8 Å². The van der Waals surface area contributed by atoms with Crippen LogP contribution < -0.4 is 5.32 Å². The lowest BCUT2D eigenvalue weighted by Crippen LogP contribution is -2.47. The summed E-state index contributed by atoms with van der Waals surface area (Å²) < 4.78 is 6.52. The number of amides is 1. The standard InChI is InChI=1S/C21H23Cl2N3O4S2/c1-13-18(4-5-20(28)29)32-21(25-13)31-12-19(27)24-9-15-11-26(6-7-30-15)10-14-2-3-16(22)17(23)8-14/h2-5,8,15H,6-7,9-12H2,1H3,(H,24,27)(H,28,29)/b5-4+. The van der Waals surface area contributed by atoms with Crippen molar-refractivity contribution in [1.29, 1.82) is 0 Å². The number of aliphatic carboxylic acids is 1. The van der Waals surface area contributed by atoms with E-state index in [1.54, 1.807) is 6.07 Å². The highest BCUT2D eigenvalue weighted by Crippen LogP contribution is 2.28. The Morgan fingerprint density at radius 1 is 1.41 bits per heavy atom. The van der Waals surface area contributed by atoms with Crippen molar-refractivity contribution >= 4 is 64.3 Å². The monoisotopic (exact) mass is 515 g/mol. The predicted octanol–water partition coefficient (Wildman–Crippen LogP) is 3.97. The zero-order valence-corrected chi connectivity index (χ0v) is 20.5. The number of carbonyl (C=O) groups is 2. The van der Waals surface area contributed by atoms with E-state index >= 15 is 0 Å². The second-order valence-electron chi connectivity index (χ2n) is 7.17. The molecule has 0 radical (unpaired) electrons. The quantitative estimate of drug-likeness (QED) is 0.385. The molecule has 1 aliphatic heterocycles. The Kier molecular flexibility index (Phi) is 9.39. The molecule has 2 aromatic rings. The molecule has 1 aromatic carbocycles. The molecule has 1 unspecified atom stereocenters. The number of thioether (sulfide) groups is 1. The van der Waals surface area contributed by atoms with Crippen molar-refractivity contribution in [3.8, 4) is 0 Å². The average Bonchev–Trinajstić information content (AvgIpc) is 3.11. The van der Waals surface area contributed by atoms with Crippen molar-refractivity contribution < 1.29 is 19.4 Å². The van der Waals surface area contributed by atoms with Gasteiger partial charge in [-0.1, -0.05) is 41.0 Å². The van der Waals surface area contributed by atoms with E-state index in [1.165, 1.54) is 29.2 Å². The molecule has 11 heteroatoms. The predicted molar refractivity (Wildman–Crippen MR) is 129 cm³/mol. The molecule has 1 fully saturated rings. The highest BCUT2D eigenvalue weighted by atomic mass is 35.5. The third-order valence-corrected chi connectivity index (χ3v) is 7.66. The summed E-state index contributed by atoms with van der Waals surface area (Å²) in [6.07, 6.45) is 2.51. The van der Waals surface area contributed by atoms with E-state index in [-0.39, 0.29) is 17.8 Å². The summed E-state index contributed by atoms with van der Waals surface area (Å²) >= 11 is 14.8. The third kappa shape index (κ3) is 7.75. The minimum atomic E-state index is -1.01. The van der Waals surface area contributed by atoms with Gasteiger partial charge < -0.3 is 15.2 Å². The van der Waals surface area contributed by atoms with Gasteiger partial charge in [0.2, 0.25) is 5.91 Å². The summed E-state index contributed by atoms with van der Waals surface area (Å²) in [6.45, 7) is 5.10. The van der Waals surface area contributed by atoms with Crippen LogP contribution in [0.2, 0.25) is 10.0 Å². The molecule has 3 rings (SSSR count). The number of benzene rings is 1. The molecule has 1 amide bonds. The Morgan fingerprint density at radius 3 is 2.97 bits per heavy atom. The van der Waals surface area contributed by atoms with E-state index in [2.05, 4.69) is 15.2 Å². The van der Waals surface area contributed by atoms with E-state index in [1.807, 2.05) is 19.1 Å². The summed E-state index contributed by atoms with van der Waals surface area (Å²) in [6, 6.07) is 5.63. The van der Waals surface area contributed by atoms with Gasteiger partial charge in [0.05, 0.1) is 39.1 Å². The van der Waals surface area contributed by atoms with Gasteiger partial charge in [-0.2, -0.15) is 0 Å². The summed E-state index contributed by atoms with van der Waals surface area (Å²) in [5, 5.41) is 12.7. The van der Waals surface area contributed by atoms with Crippen molar-refractivity contribution in [3.63, 3.8) is 0 Å². The van der Waals surface area contributed by atoms with Gasteiger partial charge in [-0.15, -0.1) is 11.3 Å². The number of thiazole rings is 1. The van der Waals surface area contributed by atoms with Crippen LogP contribution in [0.3, 0.4) is 0 Å². The van der Waals surface area contributed by atoms with Gasteiger partial charge in [-0.05, 0) is 30.7 Å².